The fourth-order valence-electron chi connectivity index (χ4n) is 1.19. The zero-order chi connectivity index (χ0) is 11.4. The zero-order valence-corrected chi connectivity index (χ0v) is 9.08. The Morgan fingerprint density at radius 1 is 1.12 bits per heavy atom. The molecule has 2 aromatic rings. The van der Waals surface area contributed by atoms with Crippen LogP contribution in [0.2, 0.25) is 5.02 Å². The molecular weight excluding hydrogens is 229 g/mol. The number of anilines is 1. The lowest BCUT2D eigenvalue weighted by Crippen LogP contribution is -2.02. The van der Waals surface area contributed by atoms with Crippen LogP contribution in [-0.4, -0.2) is 9.97 Å². The van der Waals surface area contributed by atoms with Gasteiger partial charge in [-0.2, -0.15) is 0 Å². The van der Waals surface area contributed by atoms with Gasteiger partial charge in [0.2, 0.25) is 5.95 Å². The van der Waals surface area contributed by atoms with E-state index in [1.807, 2.05) is 0 Å². The summed E-state index contributed by atoms with van der Waals surface area (Å²) in [6.07, 6.45) is 3.03. The topological polar surface area (TPSA) is 37.8 Å². The number of hydrogen-bond donors (Lipinski definition) is 1. The van der Waals surface area contributed by atoms with Crippen LogP contribution >= 0.6 is 11.6 Å². The zero-order valence-electron chi connectivity index (χ0n) is 8.32. The highest BCUT2D eigenvalue weighted by atomic mass is 35.5. The van der Waals surface area contributed by atoms with Crippen molar-refractivity contribution in [3.8, 4) is 0 Å². The highest BCUT2D eigenvalue weighted by Crippen LogP contribution is 2.08. The number of benzene rings is 1. The van der Waals surface area contributed by atoms with Crippen molar-refractivity contribution in [1.29, 1.82) is 0 Å². The molecule has 16 heavy (non-hydrogen) atoms. The van der Waals surface area contributed by atoms with Crippen LogP contribution in [0.4, 0.5) is 10.3 Å². The molecule has 0 fully saturated rings. The van der Waals surface area contributed by atoms with Gasteiger partial charge < -0.3 is 5.32 Å². The molecule has 0 amide bonds. The minimum Gasteiger partial charge on any atom is -0.350 e. The van der Waals surface area contributed by atoms with Gasteiger partial charge in [0, 0.05) is 6.54 Å². The van der Waals surface area contributed by atoms with E-state index in [1.54, 1.807) is 12.1 Å². The number of halogens is 2. The van der Waals surface area contributed by atoms with E-state index in [2.05, 4.69) is 15.3 Å². The van der Waals surface area contributed by atoms with Gasteiger partial charge in [-0.3, -0.25) is 0 Å². The summed E-state index contributed by atoms with van der Waals surface area (Å²) in [7, 11) is 0. The molecule has 1 N–H and O–H groups in total. The predicted octanol–water partition coefficient (Wildman–Crippen LogP) is 2.88. The summed E-state index contributed by atoms with van der Waals surface area (Å²) in [5.41, 5.74) is 0.958. The highest BCUT2D eigenvalue weighted by Gasteiger charge is 1.97. The van der Waals surface area contributed by atoms with Gasteiger partial charge in [0.25, 0.3) is 0 Å². The molecule has 3 nitrogen and oxygen atoms in total. The van der Waals surface area contributed by atoms with E-state index >= 15 is 0 Å². The van der Waals surface area contributed by atoms with Gasteiger partial charge in [0.1, 0.15) is 5.82 Å². The van der Waals surface area contributed by atoms with Gasteiger partial charge >= 0.3 is 0 Å². The third kappa shape index (κ3) is 2.90. The van der Waals surface area contributed by atoms with E-state index in [4.69, 9.17) is 11.6 Å². The maximum atomic E-state index is 12.6. The van der Waals surface area contributed by atoms with E-state index in [1.165, 1.54) is 24.5 Å². The first-order valence-corrected chi connectivity index (χ1v) is 5.08. The van der Waals surface area contributed by atoms with Gasteiger partial charge in [-0.25, -0.2) is 14.4 Å². The molecule has 0 aliphatic heterocycles. The van der Waals surface area contributed by atoms with Crippen molar-refractivity contribution in [2.45, 2.75) is 6.54 Å². The Labute approximate surface area is 97.3 Å². The first-order valence-electron chi connectivity index (χ1n) is 4.70. The van der Waals surface area contributed by atoms with Crippen LogP contribution in [0.25, 0.3) is 0 Å². The Hall–Kier alpha value is -1.68. The quantitative estimate of drug-likeness (QED) is 0.892. The standard InChI is InChI=1S/C11H9ClFN3/c12-9-6-15-11(16-7-9)14-5-8-1-3-10(13)4-2-8/h1-4,6-7H,5H2,(H,14,15,16). The summed E-state index contributed by atoms with van der Waals surface area (Å²) < 4.78 is 12.6. The van der Waals surface area contributed by atoms with Crippen LogP contribution < -0.4 is 5.32 Å². The van der Waals surface area contributed by atoms with Gasteiger partial charge in [-0.1, -0.05) is 23.7 Å². The molecule has 0 saturated heterocycles. The third-order valence-corrected chi connectivity index (χ3v) is 2.18. The first kappa shape index (κ1) is 10.8. The van der Waals surface area contributed by atoms with Crippen molar-refractivity contribution >= 4 is 17.5 Å². The number of nitrogens with one attached hydrogen (secondary N) is 1. The van der Waals surface area contributed by atoms with Crippen LogP contribution in [0.15, 0.2) is 36.7 Å². The van der Waals surface area contributed by atoms with E-state index in [0.29, 0.717) is 17.5 Å². The van der Waals surface area contributed by atoms with Crippen LogP contribution in [-0.2, 0) is 6.54 Å². The normalized spacial score (nSPS) is 10.1. The Morgan fingerprint density at radius 3 is 2.38 bits per heavy atom. The summed E-state index contributed by atoms with van der Waals surface area (Å²) in [5.74, 6) is 0.250. The van der Waals surface area contributed by atoms with Crippen molar-refractivity contribution in [1.82, 2.24) is 9.97 Å². The Balaban J connectivity index is 1.97. The van der Waals surface area contributed by atoms with Crippen LogP contribution in [0.3, 0.4) is 0 Å². The Kier molecular flexibility index (Phi) is 3.31. The summed E-state index contributed by atoms with van der Waals surface area (Å²) in [6.45, 7) is 0.544. The van der Waals surface area contributed by atoms with Crippen LogP contribution in [0, 0.1) is 5.82 Å². The summed E-state index contributed by atoms with van der Waals surface area (Å²) in [6, 6.07) is 6.25. The van der Waals surface area contributed by atoms with Gasteiger partial charge in [-0.15, -0.1) is 0 Å². The molecule has 0 unspecified atom stereocenters. The first-order chi connectivity index (χ1) is 7.74. The summed E-state index contributed by atoms with van der Waals surface area (Å²) >= 11 is 5.65. The molecule has 1 heterocycles. The number of rotatable bonds is 3. The van der Waals surface area contributed by atoms with Crippen molar-refractivity contribution in [2.75, 3.05) is 5.32 Å². The Morgan fingerprint density at radius 2 is 1.75 bits per heavy atom. The average molecular weight is 238 g/mol. The fraction of sp³-hybridized carbons (Fsp3) is 0.0909. The lowest BCUT2D eigenvalue weighted by Gasteiger charge is -2.04. The lowest BCUT2D eigenvalue weighted by atomic mass is 10.2. The second kappa shape index (κ2) is 4.90. The number of hydrogen-bond acceptors (Lipinski definition) is 3. The van der Waals surface area contributed by atoms with Crippen molar-refractivity contribution in [2.24, 2.45) is 0 Å². The average Bonchev–Trinajstić information content (AvgIpc) is 2.30. The number of aromatic nitrogens is 2. The molecule has 0 saturated carbocycles. The van der Waals surface area contributed by atoms with E-state index in [-0.39, 0.29) is 5.82 Å². The molecule has 0 radical (unpaired) electrons. The molecule has 0 aliphatic carbocycles. The van der Waals surface area contributed by atoms with E-state index in [0.717, 1.165) is 5.56 Å². The molecule has 0 spiro atoms. The Bertz CT molecular complexity index is 410. The van der Waals surface area contributed by atoms with E-state index < -0.39 is 0 Å². The molecule has 5 heteroatoms. The maximum Gasteiger partial charge on any atom is 0.222 e. The van der Waals surface area contributed by atoms with Gasteiger partial charge in [-0.05, 0) is 17.7 Å². The highest BCUT2D eigenvalue weighted by molar-refractivity contribution is 6.30. The monoisotopic (exact) mass is 237 g/mol. The SMILES string of the molecule is Fc1ccc(CNc2ncc(Cl)cn2)cc1. The molecule has 1 aromatic carbocycles. The number of nitrogens with zero attached hydrogens (tertiary/aromatic N) is 2. The largest absolute Gasteiger partial charge is 0.350 e. The van der Waals surface area contributed by atoms with Crippen LogP contribution in [0.5, 0.6) is 0 Å². The maximum absolute atomic E-state index is 12.6. The smallest absolute Gasteiger partial charge is 0.222 e. The molecule has 0 bridgehead atoms. The fourth-order valence-corrected chi connectivity index (χ4v) is 1.28. The minimum atomic E-state index is -0.244. The van der Waals surface area contributed by atoms with Crippen molar-refractivity contribution < 1.29 is 4.39 Å². The molecule has 0 atom stereocenters. The van der Waals surface area contributed by atoms with Gasteiger partial charge in [0.05, 0.1) is 17.4 Å². The lowest BCUT2D eigenvalue weighted by molar-refractivity contribution is 0.627. The summed E-state index contributed by atoms with van der Waals surface area (Å²) in [4.78, 5) is 7.97. The van der Waals surface area contributed by atoms with Gasteiger partial charge in [0.15, 0.2) is 0 Å². The van der Waals surface area contributed by atoms with E-state index in [9.17, 15) is 4.39 Å². The third-order valence-electron chi connectivity index (χ3n) is 1.98. The summed E-state index contributed by atoms with van der Waals surface area (Å²) in [5, 5.41) is 3.50. The molecular formula is C11H9ClFN3. The predicted molar refractivity (Wildman–Crippen MR) is 60.8 cm³/mol. The van der Waals surface area contributed by atoms with Crippen molar-refractivity contribution in [3.05, 3.63) is 53.1 Å². The van der Waals surface area contributed by atoms with Crippen LogP contribution in [0.1, 0.15) is 5.56 Å². The molecule has 1 aromatic heterocycles. The molecule has 0 aliphatic rings. The second-order valence-electron chi connectivity index (χ2n) is 3.20. The molecule has 82 valence electrons. The van der Waals surface area contributed by atoms with Crippen molar-refractivity contribution in [3.63, 3.8) is 0 Å². The second-order valence-corrected chi connectivity index (χ2v) is 3.64. The molecule has 2 rings (SSSR count). The minimum absolute atomic E-state index is 0.244.